The van der Waals surface area contributed by atoms with E-state index in [0.29, 0.717) is 6.04 Å². The minimum atomic E-state index is 0.519. The van der Waals surface area contributed by atoms with Crippen LogP contribution in [0.4, 0.5) is 5.69 Å². The number of anilines is 1. The maximum atomic E-state index is 4.84. The largest absolute Gasteiger partial charge is 0.339 e. The van der Waals surface area contributed by atoms with Crippen LogP contribution in [0, 0.1) is 0 Å². The molecule has 1 fully saturated rings. The van der Waals surface area contributed by atoms with Gasteiger partial charge in [0.05, 0.1) is 11.7 Å². The molecule has 0 saturated heterocycles. The smallest absolute Gasteiger partial charge is 0.134 e. The molecule has 0 bridgehead atoms. The average molecular weight is 266 g/mol. The lowest BCUT2D eigenvalue weighted by Gasteiger charge is -2.09. The van der Waals surface area contributed by atoms with Crippen molar-refractivity contribution < 1.29 is 0 Å². The van der Waals surface area contributed by atoms with Crippen LogP contribution in [-0.2, 0) is 0 Å². The van der Waals surface area contributed by atoms with Gasteiger partial charge < -0.3 is 5.32 Å². The molecule has 0 atom stereocenters. The summed E-state index contributed by atoms with van der Waals surface area (Å²) >= 11 is 1.81. The first-order valence-corrected chi connectivity index (χ1v) is 7.43. The van der Waals surface area contributed by atoms with Crippen molar-refractivity contribution in [2.75, 3.05) is 5.32 Å². The van der Waals surface area contributed by atoms with Crippen LogP contribution in [0.25, 0.3) is 0 Å². The number of amidine groups is 1. The van der Waals surface area contributed by atoms with Gasteiger partial charge in [0.15, 0.2) is 0 Å². The van der Waals surface area contributed by atoms with Crippen LogP contribution >= 0.6 is 11.8 Å². The zero-order chi connectivity index (χ0) is 12.7. The molecule has 2 aromatic carbocycles. The van der Waals surface area contributed by atoms with Gasteiger partial charge in [-0.25, -0.2) is 0 Å². The van der Waals surface area contributed by atoms with Crippen LogP contribution in [0.15, 0.2) is 63.3 Å². The molecule has 4 rings (SSSR count). The van der Waals surface area contributed by atoms with E-state index in [-0.39, 0.29) is 0 Å². The first-order valence-electron chi connectivity index (χ1n) is 6.61. The normalized spacial score (nSPS) is 19.3. The van der Waals surface area contributed by atoms with Gasteiger partial charge in [-0.15, -0.1) is 0 Å². The Bertz CT molecular complexity index is 659. The maximum absolute atomic E-state index is 4.84. The molecule has 1 heterocycles. The zero-order valence-electron chi connectivity index (χ0n) is 10.5. The van der Waals surface area contributed by atoms with Gasteiger partial charge >= 0.3 is 0 Å². The van der Waals surface area contributed by atoms with Crippen molar-refractivity contribution in [3.05, 3.63) is 54.1 Å². The second-order valence-electron chi connectivity index (χ2n) is 4.93. The number of nitrogens with one attached hydrogen (secondary N) is 1. The van der Waals surface area contributed by atoms with E-state index in [1.54, 1.807) is 0 Å². The Balaban J connectivity index is 1.88. The zero-order valence-corrected chi connectivity index (χ0v) is 11.3. The number of benzene rings is 2. The summed E-state index contributed by atoms with van der Waals surface area (Å²) in [6, 6.07) is 17.4. The van der Waals surface area contributed by atoms with Crippen molar-refractivity contribution in [3.8, 4) is 0 Å². The second-order valence-corrected chi connectivity index (χ2v) is 6.01. The van der Waals surface area contributed by atoms with E-state index in [4.69, 9.17) is 4.99 Å². The molecule has 0 aromatic heterocycles. The summed E-state index contributed by atoms with van der Waals surface area (Å²) in [6.07, 6.45) is 2.45. The molecule has 2 nitrogen and oxygen atoms in total. The quantitative estimate of drug-likeness (QED) is 0.837. The molecule has 1 N–H and O–H groups in total. The molecule has 0 radical (unpaired) electrons. The Kier molecular flexibility index (Phi) is 2.59. The number of fused-ring (bicyclic) bond motifs is 2. The van der Waals surface area contributed by atoms with E-state index in [2.05, 4.69) is 53.8 Å². The van der Waals surface area contributed by atoms with Crippen LogP contribution in [-0.4, -0.2) is 11.9 Å². The highest BCUT2D eigenvalue weighted by Gasteiger charge is 2.24. The average Bonchev–Trinajstić information content (AvgIpc) is 3.25. The van der Waals surface area contributed by atoms with Gasteiger partial charge in [-0.05, 0) is 31.0 Å². The highest BCUT2D eigenvalue weighted by atomic mass is 32.2. The summed E-state index contributed by atoms with van der Waals surface area (Å²) in [5.41, 5.74) is 2.37. The topological polar surface area (TPSA) is 24.4 Å². The molecule has 0 amide bonds. The summed E-state index contributed by atoms with van der Waals surface area (Å²) in [5, 5.41) is 3.52. The summed E-state index contributed by atoms with van der Waals surface area (Å²) in [6.45, 7) is 0. The molecular weight excluding hydrogens is 252 g/mol. The predicted molar refractivity (Wildman–Crippen MR) is 80.2 cm³/mol. The van der Waals surface area contributed by atoms with Gasteiger partial charge in [-0.1, -0.05) is 42.1 Å². The fourth-order valence-electron chi connectivity index (χ4n) is 2.21. The summed E-state index contributed by atoms with van der Waals surface area (Å²) in [7, 11) is 0. The van der Waals surface area contributed by atoms with Crippen molar-refractivity contribution >= 4 is 23.3 Å². The predicted octanol–water partition coefficient (Wildman–Crippen LogP) is 4.17. The first-order chi connectivity index (χ1) is 9.40. The fourth-order valence-corrected chi connectivity index (χ4v) is 3.25. The van der Waals surface area contributed by atoms with Crippen LogP contribution in [0.1, 0.15) is 18.4 Å². The third-order valence-corrected chi connectivity index (χ3v) is 4.51. The fraction of sp³-hybridized carbons (Fsp3) is 0.188. The molecule has 0 unspecified atom stereocenters. The van der Waals surface area contributed by atoms with Gasteiger partial charge in [-0.2, -0.15) is 0 Å². The highest BCUT2D eigenvalue weighted by Crippen LogP contribution is 2.39. The Hall–Kier alpha value is -1.74. The molecule has 0 spiro atoms. The highest BCUT2D eigenvalue weighted by molar-refractivity contribution is 7.99. The van der Waals surface area contributed by atoms with Gasteiger partial charge in [-0.3, -0.25) is 4.99 Å². The van der Waals surface area contributed by atoms with Crippen molar-refractivity contribution in [3.63, 3.8) is 0 Å². The summed E-state index contributed by atoms with van der Waals surface area (Å²) in [4.78, 5) is 7.38. The van der Waals surface area contributed by atoms with Crippen molar-refractivity contribution in [1.82, 2.24) is 0 Å². The summed E-state index contributed by atoms with van der Waals surface area (Å²) < 4.78 is 0. The van der Waals surface area contributed by atoms with Crippen molar-refractivity contribution in [1.29, 1.82) is 0 Å². The van der Waals surface area contributed by atoms with Crippen LogP contribution in [0.2, 0.25) is 0 Å². The Morgan fingerprint density at radius 1 is 0.947 bits per heavy atom. The van der Waals surface area contributed by atoms with E-state index in [1.807, 2.05) is 11.8 Å². The Morgan fingerprint density at radius 2 is 1.68 bits per heavy atom. The number of hydrogen-bond donors (Lipinski definition) is 1. The van der Waals surface area contributed by atoms with E-state index in [1.165, 1.54) is 28.2 Å². The van der Waals surface area contributed by atoms with E-state index < -0.39 is 0 Å². The van der Waals surface area contributed by atoms with E-state index >= 15 is 0 Å². The van der Waals surface area contributed by atoms with Crippen molar-refractivity contribution in [2.24, 2.45) is 4.99 Å². The number of para-hydroxylation sites is 1. The molecule has 1 aliphatic heterocycles. The van der Waals surface area contributed by atoms with Crippen molar-refractivity contribution in [2.45, 2.75) is 28.7 Å². The Labute approximate surface area is 117 Å². The van der Waals surface area contributed by atoms with Crippen LogP contribution < -0.4 is 5.32 Å². The van der Waals surface area contributed by atoms with Gasteiger partial charge in [0.2, 0.25) is 0 Å². The lowest BCUT2D eigenvalue weighted by Crippen LogP contribution is -2.14. The molecule has 3 heteroatoms. The third kappa shape index (κ3) is 2.15. The first kappa shape index (κ1) is 11.1. The molecule has 2 aromatic rings. The summed E-state index contributed by atoms with van der Waals surface area (Å²) in [5.74, 6) is 1.02. The Morgan fingerprint density at radius 3 is 2.53 bits per heavy atom. The molecule has 19 heavy (non-hydrogen) atoms. The maximum Gasteiger partial charge on any atom is 0.134 e. The molecule has 2 aliphatic rings. The monoisotopic (exact) mass is 266 g/mol. The number of aliphatic imine (C=N–C) groups is 1. The molecule has 94 valence electrons. The lowest BCUT2D eigenvalue weighted by atomic mass is 10.2. The third-order valence-electron chi connectivity index (χ3n) is 3.36. The van der Waals surface area contributed by atoms with Gasteiger partial charge in [0.25, 0.3) is 0 Å². The molecular formula is C16H14N2S. The van der Waals surface area contributed by atoms with E-state index in [0.717, 1.165) is 11.5 Å². The minimum Gasteiger partial charge on any atom is -0.339 e. The minimum absolute atomic E-state index is 0.519. The number of hydrogen-bond acceptors (Lipinski definition) is 2. The molecule has 1 saturated carbocycles. The van der Waals surface area contributed by atoms with Crippen LogP contribution in [0.5, 0.6) is 0 Å². The second kappa shape index (κ2) is 4.42. The van der Waals surface area contributed by atoms with E-state index in [9.17, 15) is 0 Å². The van der Waals surface area contributed by atoms with Gasteiger partial charge in [0.1, 0.15) is 5.84 Å². The lowest BCUT2D eigenvalue weighted by molar-refractivity contribution is 1.06. The van der Waals surface area contributed by atoms with Crippen LogP contribution in [0.3, 0.4) is 0 Å². The molecule has 1 aliphatic carbocycles. The number of rotatable bonds is 1. The SMILES string of the molecule is c1ccc2c(c1)NC(=NC1CC1)c1ccccc1S2. The van der Waals surface area contributed by atoms with Gasteiger partial charge in [0, 0.05) is 15.4 Å². The number of nitrogens with zero attached hydrogens (tertiary/aromatic N) is 1. The standard InChI is InChI=1S/C16H14N2S/c1-3-7-14-12(5-1)16(17-11-9-10-11)18-13-6-2-4-8-15(13)19-14/h1-8,11H,9-10H2,(H,17,18).